The summed E-state index contributed by atoms with van der Waals surface area (Å²) in [5, 5.41) is 0. The van der Waals surface area contributed by atoms with E-state index in [-0.39, 0.29) is 5.91 Å². The molecule has 0 heterocycles. The lowest BCUT2D eigenvalue weighted by Crippen LogP contribution is -2.37. The zero-order chi connectivity index (χ0) is 13.4. The van der Waals surface area contributed by atoms with Crippen molar-refractivity contribution in [3.63, 3.8) is 0 Å². The van der Waals surface area contributed by atoms with Gasteiger partial charge in [-0.25, -0.2) is 0 Å². The fourth-order valence-corrected chi connectivity index (χ4v) is 2.18. The second kappa shape index (κ2) is 8.51. The van der Waals surface area contributed by atoms with E-state index in [9.17, 15) is 4.79 Å². The van der Waals surface area contributed by atoms with Crippen LogP contribution in [-0.4, -0.2) is 30.4 Å². The summed E-state index contributed by atoms with van der Waals surface area (Å²) < 4.78 is 0. The third-order valence-electron chi connectivity index (χ3n) is 3.36. The molecule has 3 nitrogen and oxygen atoms in total. The van der Waals surface area contributed by atoms with Gasteiger partial charge in [-0.1, -0.05) is 27.2 Å². The third kappa shape index (κ3) is 6.67. The largest absolute Gasteiger partial charge is 0.343 e. The van der Waals surface area contributed by atoms with Crippen molar-refractivity contribution < 1.29 is 4.79 Å². The third-order valence-corrected chi connectivity index (χ3v) is 3.36. The number of nitrogens with zero attached hydrogens (tertiary/aromatic N) is 1. The minimum Gasteiger partial charge on any atom is -0.343 e. The lowest BCUT2D eigenvalue weighted by Gasteiger charge is -2.27. The van der Waals surface area contributed by atoms with Crippen LogP contribution in [0.25, 0.3) is 0 Å². The van der Waals surface area contributed by atoms with E-state index in [0.717, 1.165) is 19.3 Å². The molecule has 2 unspecified atom stereocenters. The molecule has 0 aromatic rings. The first-order valence-electron chi connectivity index (χ1n) is 6.88. The first kappa shape index (κ1) is 16.4. The molecule has 2 N–H and O–H groups in total. The van der Waals surface area contributed by atoms with Crippen LogP contribution in [0.5, 0.6) is 0 Å². The number of carbonyl (C=O) groups is 1. The van der Waals surface area contributed by atoms with Gasteiger partial charge in [0.1, 0.15) is 0 Å². The Bertz CT molecular complexity index is 216. The number of amides is 1. The minimum absolute atomic E-state index is 0.238. The Hall–Kier alpha value is -0.570. The molecular weight excluding hydrogens is 212 g/mol. The molecule has 0 rings (SSSR count). The highest BCUT2D eigenvalue weighted by Crippen LogP contribution is 2.16. The molecular formula is C14H30N2O. The van der Waals surface area contributed by atoms with Crippen LogP contribution < -0.4 is 5.73 Å². The highest BCUT2D eigenvalue weighted by molar-refractivity contribution is 5.76. The molecule has 0 saturated heterocycles. The van der Waals surface area contributed by atoms with Crippen molar-refractivity contribution in [3.8, 4) is 0 Å². The van der Waals surface area contributed by atoms with Gasteiger partial charge in [0.25, 0.3) is 0 Å². The average Bonchev–Trinajstić information content (AvgIpc) is 2.26. The molecule has 0 aromatic carbocycles. The van der Waals surface area contributed by atoms with Crippen LogP contribution in [0.4, 0.5) is 0 Å². The van der Waals surface area contributed by atoms with Gasteiger partial charge in [0, 0.05) is 19.5 Å². The van der Waals surface area contributed by atoms with Gasteiger partial charge in [-0.05, 0) is 38.1 Å². The molecule has 3 heteroatoms. The molecule has 17 heavy (non-hydrogen) atoms. The van der Waals surface area contributed by atoms with Gasteiger partial charge in [-0.2, -0.15) is 0 Å². The Labute approximate surface area is 107 Å². The van der Waals surface area contributed by atoms with Crippen LogP contribution in [0.15, 0.2) is 0 Å². The summed E-state index contributed by atoms with van der Waals surface area (Å²) in [6.45, 7) is 9.23. The molecule has 0 bridgehead atoms. The first-order valence-corrected chi connectivity index (χ1v) is 6.88. The van der Waals surface area contributed by atoms with Crippen LogP contribution >= 0.6 is 0 Å². The van der Waals surface area contributed by atoms with E-state index in [2.05, 4.69) is 27.7 Å². The van der Waals surface area contributed by atoms with Crippen molar-refractivity contribution in [2.75, 3.05) is 13.6 Å². The zero-order valence-corrected chi connectivity index (χ0v) is 12.2. The molecule has 0 radical (unpaired) electrons. The summed E-state index contributed by atoms with van der Waals surface area (Å²) in [6.07, 6.45) is 3.82. The van der Waals surface area contributed by atoms with Gasteiger partial charge >= 0.3 is 0 Å². The predicted molar refractivity (Wildman–Crippen MR) is 73.8 cm³/mol. The van der Waals surface area contributed by atoms with Gasteiger partial charge in [-0.3, -0.25) is 4.79 Å². The van der Waals surface area contributed by atoms with E-state index in [0.29, 0.717) is 30.8 Å². The van der Waals surface area contributed by atoms with Crippen molar-refractivity contribution in [1.82, 2.24) is 4.90 Å². The maximum absolute atomic E-state index is 12.1. The van der Waals surface area contributed by atoms with Gasteiger partial charge in [0.15, 0.2) is 0 Å². The Morgan fingerprint density at radius 3 is 2.29 bits per heavy atom. The van der Waals surface area contributed by atoms with Gasteiger partial charge < -0.3 is 10.6 Å². The number of carbonyl (C=O) groups excluding carboxylic acids is 1. The Morgan fingerprint density at radius 2 is 1.88 bits per heavy atom. The maximum Gasteiger partial charge on any atom is 0.222 e. The zero-order valence-electron chi connectivity index (χ0n) is 12.2. The number of rotatable bonds is 8. The molecule has 0 aliphatic carbocycles. The SMILES string of the molecule is CCCC(C)N(C)C(=O)CC(CN)CC(C)C. The Balaban J connectivity index is 4.20. The van der Waals surface area contributed by atoms with E-state index in [4.69, 9.17) is 5.73 Å². The van der Waals surface area contributed by atoms with Gasteiger partial charge in [0.05, 0.1) is 0 Å². The maximum atomic E-state index is 12.1. The normalized spacial score (nSPS) is 14.8. The lowest BCUT2D eigenvalue weighted by molar-refractivity contribution is -0.132. The molecule has 2 atom stereocenters. The molecule has 0 fully saturated rings. The molecule has 102 valence electrons. The Kier molecular flexibility index (Phi) is 8.23. The second-order valence-corrected chi connectivity index (χ2v) is 5.58. The van der Waals surface area contributed by atoms with Crippen molar-refractivity contribution in [1.29, 1.82) is 0 Å². The molecule has 0 aliphatic heterocycles. The van der Waals surface area contributed by atoms with Crippen molar-refractivity contribution in [2.24, 2.45) is 17.6 Å². The summed E-state index contributed by atoms with van der Waals surface area (Å²) in [5.74, 6) is 1.18. The molecule has 1 amide bonds. The smallest absolute Gasteiger partial charge is 0.222 e. The average molecular weight is 242 g/mol. The topological polar surface area (TPSA) is 46.3 Å². The van der Waals surface area contributed by atoms with Gasteiger partial charge in [-0.15, -0.1) is 0 Å². The lowest BCUT2D eigenvalue weighted by atomic mass is 9.93. The summed E-state index contributed by atoms with van der Waals surface area (Å²) >= 11 is 0. The van der Waals surface area contributed by atoms with Crippen LogP contribution in [0.1, 0.15) is 53.4 Å². The molecule has 0 spiro atoms. The highest BCUT2D eigenvalue weighted by Gasteiger charge is 2.19. The van der Waals surface area contributed by atoms with Crippen LogP contribution in [-0.2, 0) is 4.79 Å². The monoisotopic (exact) mass is 242 g/mol. The van der Waals surface area contributed by atoms with E-state index >= 15 is 0 Å². The fourth-order valence-electron chi connectivity index (χ4n) is 2.18. The standard InChI is InChI=1S/C14H30N2O/c1-6-7-12(4)16(5)14(17)9-13(10-15)8-11(2)3/h11-13H,6-10,15H2,1-5H3. The van der Waals surface area contributed by atoms with Crippen LogP contribution in [0, 0.1) is 11.8 Å². The van der Waals surface area contributed by atoms with Crippen LogP contribution in [0.2, 0.25) is 0 Å². The van der Waals surface area contributed by atoms with E-state index in [1.165, 1.54) is 0 Å². The quantitative estimate of drug-likeness (QED) is 0.711. The number of hydrogen-bond acceptors (Lipinski definition) is 2. The first-order chi connectivity index (χ1) is 7.92. The van der Waals surface area contributed by atoms with E-state index < -0.39 is 0 Å². The van der Waals surface area contributed by atoms with Crippen molar-refractivity contribution >= 4 is 5.91 Å². The van der Waals surface area contributed by atoms with Crippen molar-refractivity contribution in [3.05, 3.63) is 0 Å². The number of hydrogen-bond donors (Lipinski definition) is 1. The number of nitrogens with two attached hydrogens (primary N) is 1. The van der Waals surface area contributed by atoms with E-state index in [1.54, 1.807) is 0 Å². The Morgan fingerprint density at radius 1 is 1.29 bits per heavy atom. The summed E-state index contributed by atoms with van der Waals surface area (Å²) in [7, 11) is 1.91. The fraction of sp³-hybridized carbons (Fsp3) is 0.929. The van der Waals surface area contributed by atoms with E-state index in [1.807, 2.05) is 11.9 Å². The summed E-state index contributed by atoms with van der Waals surface area (Å²) in [6, 6.07) is 0.338. The van der Waals surface area contributed by atoms with Crippen molar-refractivity contribution in [2.45, 2.75) is 59.4 Å². The summed E-state index contributed by atoms with van der Waals surface area (Å²) in [5.41, 5.74) is 5.73. The highest BCUT2D eigenvalue weighted by atomic mass is 16.2. The minimum atomic E-state index is 0.238. The van der Waals surface area contributed by atoms with Crippen LogP contribution in [0.3, 0.4) is 0 Å². The molecule has 0 aromatic heterocycles. The predicted octanol–water partition coefficient (Wildman–Crippen LogP) is 2.64. The van der Waals surface area contributed by atoms with Gasteiger partial charge in [0.2, 0.25) is 5.91 Å². The summed E-state index contributed by atoms with van der Waals surface area (Å²) in [4.78, 5) is 14.0. The molecule has 0 aliphatic rings. The second-order valence-electron chi connectivity index (χ2n) is 5.58. The molecule has 0 saturated carbocycles.